The largest absolute Gasteiger partial charge is 0.469 e. The van der Waals surface area contributed by atoms with E-state index in [0.717, 1.165) is 44.0 Å². The summed E-state index contributed by atoms with van der Waals surface area (Å²) in [7, 11) is 1.41. The second kappa shape index (κ2) is 8.13. The number of hydrogen-bond donors (Lipinski definition) is 1. The topological polar surface area (TPSA) is 73.4 Å². The van der Waals surface area contributed by atoms with Crippen molar-refractivity contribution in [2.75, 3.05) is 26.7 Å². The predicted octanol–water partition coefficient (Wildman–Crippen LogP) is 1.66. The van der Waals surface area contributed by atoms with Gasteiger partial charge in [-0.15, -0.1) is 12.4 Å². The molecule has 6 nitrogen and oxygen atoms in total. The lowest BCUT2D eigenvalue weighted by atomic mass is 9.90. The number of nitrogens with zero attached hydrogens (tertiary/aromatic N) is 3. The second-order valence-electron chi connectivity index (χ2n) is 6.67. The molecule has 2 heterocycles. The number of hydrogen-bond acceptors (Lipinski definition) is 5. The third-order valence-electron chi connectivity index (χ3n) is 4.80. The van der Waals surface area contributed by atoms with Crippen LogP contribution in [0.2, 0.25) is 0 Å². The Bertz CT molecular complexity index is 546. The van der Waals surface area contributed by atoms with Gasteiger partial charge in [0.2, 0.25) is 0 Å². The summed E-state index contributed by atoms with van der Waals surface area (Å²) in [6.45, 7) is 10.7. The van der Waals surface area contributed by atoms with Gasteiger partial charge in [0.05, 0.1) is 25.8 Å². The van der Waals surface area contributed by atoms with Crippen LogP contribution in [-0.4, -0.2) is 47.4 Å². The van der Waals surface area contributed by atoms with E-state index in [1.165, 1.54) is 12.7 Å². The Kier molecular flexibility index (Phi) is 7.04. The zero-order valence-corrected chi connectivity index (χ0v) is 15.4. The van der Waals surface area contributed by atoms with Crippen LogP contribution >= 0.6 is 12.4 Å². The van der Waals surface area contributed by atoms with Gasteiger partial charge in [0.15, 0.2) is 0 Å². The second-order valence-corrected chi connectivity index (χ2v) is 6.67. The van der Waals surface area contributed by atoms with Crippen molar-refractivity contribution in [1.29, 1.82) is 0 Å². The average molecular weight is 345 g/mol. The molecule has 1 saturated heterocycles. The SMILES string of the molecule is COC(=O)CCn1nc(C)c(CN2CCC(C)(CN)C2)c1C.Cl. The summed E-state index contributed by atoms with van der Waals surface area (Å²) < 4.78 is 6.61. The van der Waals surface area contributed by atoms with Crippen molar-refractivity contribution in [3.63, 3.8) is 0 Å². The molecule has 0 amide bonds. The maximum absolute atomic E-state index is 11.3. The molecular formula is C16H29ClN4O2. The molecule has 0 radical (unpaired) electrons. The summed E-state index contributed by atoms with van der Waals surface area (Å²) in [5.74, 6) is -0.202. The van der Waals surface area contributed by atoms with Crippen molar-refractivity contribution >= 4 is 18.4 Å². The van der Waals surface area contributed by atoms with Crippen LogP contribution in [-0.2, 0) is 22.6 Å². The molecule has 7 heteroatoms. The molecule has 1 unspecified atom stereocenters. The highest BCUT2D eigenvalue weighted by Crippen LogP contribution is 2.30. The van der Waals surface area contributed by atoms with Crippen molar-refractivity contribution in [2.24, 2.45) is 11.1 Å². The maximum Gasteiger partial charge on any atom is 0.307 e. The number of carbonyl (C=O) groups excluding carboxylic acids is 1. The molecule has 0 aromatic carbocycles. The molecule has 1 aromatic rings. The fraction of sp³-hybridized carbons (Fsp3) is 0.750. The molecule has 1 aliphatic rings. The highest BCUT2D eigenvalue weighted by Gasteiger charge is 2.33. The van der Waals surface area contributed by atoms with Crippen LogP contribution in [0, 0.1) is 19.3 Å². The van der Waals surface area contributed by atoms with Gasteiger partial charge in [-0.1, -0.05) is 6.92 Å². The molecule has 1 aliphatic heterocycles. The van der Waals surface area contributed by atoms with Crippen LogP contribution in [0.1, 0.15) is 36.7 Å². The summed E-state index contributed by atoms with van der Waals surface area (Å²) in [4.78, 5) is 13.7. The van der Waals surface area contributed by atoms with E-state index in [2.05, 4.69) is 23.8 Å². The molecule has 1 aromatic heterocycles. The molecule has 0 bridgehead atoms. The van der Waals surface area contributed by atoms with Crippen LogP contribution in [0.25, 0.3) is 0 Å². The first-order chi connectivity index (χ1) is 10.4. The van der Waals surface area contributed by atoms with Crippen molar-refractivity contribution in [1.82, 2.24) is 14.7 Å². The number of rotatable bonds is 6. The fourth-order valence-corrected chi connectivity index (χ4v) is 3.13. The molecule has 23 heavy (non-hydrogen) atoms. The van der Waals surface area contributed by atoms with Gasteiger partial charge >= 0.3 is 5.97 Å². The summed E-state index contributed by atoms with van der Waals surface area (Å²) in [6.07, 6.45) is 1.50. The van der Waals surface area contributed by atoms with Crippen molar-refractivity contribution in [2.45, 2.75) is 46.7 Å². The normalized spacial score (nSPS) is 21.3. The maximum atomic E-state index is 11.3. The molecule has 1 fully saturated rings. The third-order valence-corrected chi connectivity index (χ3v) is 4.80. The van der Waals surface area contributed by atoms with Crippen LogP contribution in [0.4, 0.5) is 0 Å². The third kappa shape index (κ3) is 4.68. The van der Waals surface area contributed by atoms with Gasteiger partial charge in [-0.3, -0.25) is 14.4 Å². The first-order valence-corrected chi connectivity index (χ1v) is 7.90. The highest BCUT2D eigenvalue weighted by atomic mass is 35.5. The van der Waals surface area contributed by atoms with Gasteiger partial charge in [-0.05, 0) is 38.8 Å². The standard InChI is InChI=1S/C16H28N4O2.ClH/c1-12-14(9-19-8-6-16(3,10-17)11-19)13(2)20(18-12)7-5-15(21)22-4;/h5-11,17H2,1-4H3;1H. The Balaban J connectivity index is 0.00000264. The quantitative estimate of drug-likeness (QED) is 0.794. The summed E-state index contributed by atoms with van der Waals surface area (Å²) in [5, 5.41) is 4.57. The number of likely N-dealkylation sites (tertiary alicyclic amines) is 1. The minimum absolute atomic E-state index is 0. The van der Waals surface area contributed by atoms with E-state index >= 15 is 0 Å². The van der Waals surface area contributed by atoms with Crippen molar-refractivity contribution < 1.29 is 9.53 Å². The summed E-state index contributed by atoms with van der Waals surface area (Å²) in [6, 6.07) is 0. The number of methoxy groups -OCH3 is 1. The van der Waals surface area contributed by atoms with Crippen molar-refractivity contribution in [3.8, 4) is 0 Å². The van der Waals surface area contributed by atoms with E-state index in [-0.39, 0.29) is 23.8 Å². The van der Waals surface area contributed by atoms with Crippen molar-refractivity contribution in [3.05, 3.63) is 17.0 Å². The lowest BCUT2D eigenvalue weighted by Crippen LogP contribution is -2.31. The number of esters is 1. The molecule has 132 valence electrons. The number of carbonyl (C=O) groups is 1. The van der Waals surface area contributed by atoms with Gasteiger partial charge < -0.3 is 10.5 Å². The van der Waals surface area contributed by atoms with E-state index in [1.807, 2.05) is 11.6 Å². The molecule has 0 spiro atoms. The predicted molar refractivity (Wildman–Crippen MR) is 92.6 cm³/mol. The number of aromatic nitrogens is 2. The van der Waals surface area contributed by atoms with E-state index in [9.17, 15) is 4.79 Å². The Morgan fingerprint density at radius 3 is 2.70 bits per heavy atom. The molecule has 2 N–H and O–H groups in total. The average Bonchev–Trinajstić information content (AvgIpc) is 3.01. The number of ether oxygens (including phenoxy) is 1. The van der Waals surface area contributed by atoms with Gasteiger partial charge in [0.1, 0.15) is 0 Å². The van der Waals surface area contributed by atoms with Gasteiger partial charge in [0.25, 0.3) is 0 Å². The molecule has 1 atom stereocenters. The van der Waals surface area contributed by atoms with Gasteiger partial charge in [0, 0.05) is 24.3 Å². The summed E-state index contributed by atoms with van der Waals surface area (Å²) >= 11 is 0. The van der Waals surface area contributed by atoms with Gasteiger partial charge in [-0.2, -0.15) is 5.10 Å². The van der Waals surface area contributed by atoms with E-state index in [0.29, 0.717) is 13.0 Å². The monoisotopic (exact) mass is 344 g/mol. The first-order valence-electron chi connectivity index (χ1n) is 7.90. The van der Waals surface area contributed by atoms with Crippen LogP contribution in [0.15, 0.2) is 0 Å². The smallest absolute Gasteiger partial charge is 0.307 e. The molecule has 0 saturated carbocycles. The van der Waals surface area contributed by atoms with Gasteiger partial charge in [-0.25, -0.2) is 0 Å². The van der Waals surface area contributed by atoms with Crippen LogP contribution < -0.4 is 5.73 Å². The minimum Gasteiger partial charge on any atom is -0.469 e. The zero-order chi connectivity index (χ0) is 16.3. The van der Waals surface area contributed by atoms with Crippen LogP contribution in [0.5, 0.6) is 0 Å². The number of nitrogens with two attached hydrogens (primary N) is 1. The highest BCUT2D eigenvalue weighted by molar-refractivity contribution is 5.85. The minimum atomic E-state index is -0.202. The summed E-state index contributed by atoms with van der Waals surface area (Å²) in [5.41, 5.74) is 9.58. The van der Waals surface area contributed by atoms with Crippen LogP contribution in [0.3, 0.4) is 0 Å². The van der Waals surface area contributed by atoms with E-state index in [4.69, 9.17) is 10.5 Å². The Labute approximate surface area is 144 Å². The molecule has 0 aliphatic carbocycles. The number of aryl methyl sites for hydroxylation is 2. The van der Waals surface area contributed by atoms with E-state index < -0.39 is 0 Å². The lowest BCUT2D eigenvalue weighted by Gasteiger charge is -2.22. The van der Waals surface area contributed by atoms with E-state index in [1.54, 1.807) is 0 Å². The molecule has 2 rings (SSSR count). The first kappa shape index (κ1) is 19.9. The number of halogens is 1. The lowest BCUT2D eigenvalue weighted by molar-refractivity contribution is -0.140. The molecular weight excluding hydrogens is 316 g/mol. The Morgan fingerprint density at radius 1 is 1.43 bits per heavy atom. The fourth-order valence-electron chi connectivity index (χ4n) is 3.13. The zero-order valence-electron chi connectivity index (χ0n) is 14.6. The Morgan fingerprint density at radius 2 is 2.13 bits per heavy atom. The Hall–Kier alpha value is -1.11.